The zero-order chi connectivity index (χ0) is 24.8. The Kier molecular flexibility index (Phi) is 8.15. The molecule has 8 nitrogen and oxygen atoms in total. The number of nitrogens with zero attached hydrogens (tertiary/aromatic N) is 2. The van der Waals surface area contributed by atoms with Crippen LogP contribution in [0.2, 0.25) is 5.02 Å². The monoisotopic (exact) mass is 497 g/mol. The second-order valence-electron chi connectivity index (χ2n) is 8.66. The van der Waals surface area contributed by atoms with Gasteiger partial charge in [-0.05, 0) is 43.5 Å². The van der Waals surface area contributed by atoms with E-state index in [9.17, 15) is 4.79 Å². The number of anilines is 3. The normalized spacial score (nSPS) is 18.3. The van der Waals surface area contributed by atoms with Crippen molar-refractivity contribution in [3.05, 3.63) is 52.7 Å². The molecule has 186 valence electrons. The summed E-state index contributed by atoms with van der Waals surface area (Å²) in [6.45, 7) is 3.14. The Balaban J connectivity index is 1.50. The minimum absolute atomic E-state index is 0.0987. The number of carbonyl (C=O) groups is 1. The molecule has 35 heavy (non-hydrogen) atoms. The summed E-state index contributed by atoms with van der Waals surface area (Å²) < 4.78 is 10.8. The van der Waals surface area contributed by atoms with Crippen molar-refractivity contribution in [2.75, 3.05) is 51.4 Å². The fourth-order valence-corrected chi connectivity index (χ4v) is 4.66. The Labute approximate surface area is 211 Å². The van der Waals surface area contributed by atoms with E-state index in [1.165, 1.54) is 0 Å². The molecular weight excluding hydrogens is 466 g/mol. The first-order chi connectivity index (χ1) is 17.0. The number of hydrogen-bond donors (Lipinski definition) is 3. The number of rotatable bonds is 7. The van der Waals surface area contributed by atoms with E-state index in [1.54, 1.807) is 32.5 Å². The fourth-order valence-electron chi connectivity index (χ4n) is 4.42. The van der Waals surface area contributed by atoms with E-state index in [4.69, 9.17) is 26.8 Å². The van der Waals surface area contributed by atoms with Gasteiger partial charge in [0, 0.05) is 43.5 Å². The lowest BCUT2D eigenvalue weighted by molar-refractivity contribution is -0.135. The predicted octanol–water partition coefficient (Wildman–Crippen LogP) is 4.25. The van der Waals surface area contributed by atoms with E-state index in [-0.39, 0.29) is 11.8 Å². The van der Waals surface area contributed by atoms with Gasteiger partial charge in [0.2, 0.25) is 5.91 Å². The maximum atomic E-state index is 12.8. The Hall–Kier alpha value is -3.23. The molecule has 2 aliphatic heterocycles. The van der Waals surface area contributed by atoms with Crippen LogP contribution in [0.4, 0.5) is 17.2 Å². The van der Waals surface area contributed by atoms with Crippen molar-refractivity contribution >= 4 is 40.8 Å². The smallest absolute Gasteiger partial charge is 0.227 e. The maximum absolute atomic E-state index is 12.8. The van der Waals surface area contributed by atoms with Gasteiger partial charge in [0.05, 0.1) is 36.5 Å². The zero-order valence-electron chi connectivity index (χ0n) is 20.1. The third-order valence-corrected chi connectivity index (χ3v) is 6.73. The second-order valence-corrected chi connectivity index (χ2v) is 9.07. The lowest BCUT2D eigenvalue weighted by Crippen LogP contribution is -2.44. The minimum Gasteiger partial charge on any atom is -0.495 e. The van der Waals surface area contributed by atoms with Crippen LogP contribution in [0.25, 0.3) is 6.08 Å². The summed E-state index contributed by atoms with van der Waals surface area (Å²) >= 11 is 6.24. The van der Waals surface area contributed by atoms with Crippen LogP contribution in [0.15, 0.2) is 42.1 Å². The average molecular weight is 498 g/mol. The Bertz CT molecular complexity index is 1130. The van der Waals surface area contributed by atoms with E-state index in [0.29, 0.717) is 34.6 Å². The number of ether oxygens (including phenoxy) is 2. The van der Waals surface area contributed by atoms with Crippen molar-refractivity contribution in [2.45, 2.75) is 19.3 Å². The number of aromatic nitrogens is 1. The number of amides is 1. The molecule has 4 N–H and O–H groups in total. The highest BCUT2D eigenvalue weighted by Crippen LogP contribution is 2.38. The van der Waals surface area contributed by atoms with Gasteiger partial charge < -0.3 is 30.7 Å². The van der Waals surface area contributed by atoms with E-state index in [1.807, 2.05) is 23.1 Å². The summed E-state index contributed by atoms with van der Waals surface area (Å²) in [6.07, 6.45) is 10.6. The first-order valence-electron chi connectivity index (χ1n) is 11.8. The number of nitrogens with one attached hydrogen (secondary N) is 2. The molecule has 0 saturated carbocycles. The number of methoxy groups -OCH3 is 2. The Morgan fingerprint density at radius 1 is 1.26 bits per heavy atom. The van der Waals surface area contributed by atoms with Gasteiger partial charge in [0.25, 0.3) is 0 Å². The molecule has 3 heterocycles. The molecule has 1 fully saturated rings. The van der Waals surface area contributed by atoms with Crippen molar-refractivity contribution in [1.29, 1.82) is 0 Å². The first-order valence-corrected chi connectivity index (χ1v) is 12.2. The largest absolute Gasteiger partial charge is 0.495 e. The molecule has 1 aromatic heterocycles. The molecule has 2 aromatic rings. The van der Waals surface area contributed by atoms with Crippen LogP contribution in [-0.4, -0.2) is 56.2 Å². The van der Waals surface area contributed by atoms with E-state index in [0.717, 1.165) is 55.7 Å². The van der Waals surface area contributed by atoms with Crippen LogP contribution in [0.5, 0.6) is 11.5 Å². The van der Waals surface area contributed by atoms with E-state index in [2.05, 4.69) is 21.7 Å². The fraction of sp³-hybridized carbons (Fsp3) is 0.385. The quantitative estimate of drug-likeness (QED) is 0.525. The van der Waals surface area contributed by atoms with Crippen molar-refractivity contribution in [3.63, 3.8) is 0 Å². The number of carbonyl (C=O) groups excluding carboxylic acids is 1. The van der Waals surface area contributed by atoms with Crippen LogP contribution >= 0.6 is 11.6 Å². The van der Waals surface area contributed by atoms with Crippen LogP contribution in [0.1, 0.15) is 24.8 Å². The molecule has 4 rings (SSSR count). The molecule has 0 radical (unpaired) electrons. The number of benzene rings is 1. The number of allylic oxidation sites excluding steroid dienone is 1. The molecule has 0 spiro atoms. The van der Waals surface area contributed by atoms with Gasteiger partial charge >= 0.3 is 0 Å². The molecule has 1 aromatic carbocycles. The molecule has 1 atom stereocenters. The molecule has 0 aliphatic carbocycles. The third kappa shape index (κ3) is 5.89. The highest BCUT2D eigenvalue weighted by Gasteiger charge is 2.26. The maximum Gasteiger partial charge on any atom is 0.227 e. The van der Waals surface area contributed by atoms with Gasteiger partial charge in [0.15, 0.2) is 0 Å². The van der Waals surface area contributed by atoms with Gasteiger partial charge in [-0.1, -0.05) is 23.8 Å². The zero-order valence-corrected chi connectivity index (χ0v) is 20.9. The highest BCUT2D eigenvalue weighted by molar-refractivity contribution is 6.32. The number of nitrogens with two attached hydrogens (primary N) is 1. The summed E-state index contributed by atoms with van der Waals surface area (Å²) in [7, 11) is 3.15. The molecule has 9 heteroatoms. The number of halogens is 1. The Morgan fingerprint density at radius 2 is 2.09 bits per heavy atom. The lowest BCUT2D eigenvalue weighted by Gasteiger charge is -2.31. The van der Waals surface area contributed by atoms with Crippen LogP contribution in [0, 0.1) is 5.92 Å². The van der Waals surface area contributed by atoms with Crippen LogP contribution in [0.3, 0.4) is 0 Å². The van der Waals surface area contributed by atoms with Crippen LogP contribution < -0.4 is 25.8 Å². The summed E-state index contributed by atoms with van der Waals surface area (Å²) in [5.74, 6) is 1.87. The number of hydrogen-bond acceptors (Lipinski definition) is 7. The average Bonchev–Trinajstić information content (AvgIpc) is 2.89. The summed E-state index contributed by atoms with van der Waals surface area (Å²) in [6, 6.07) is 5.33. The first kappa shape index (κ1) is 24.9. The summed E-state index contributed by atoms with van der Waals surface area (Å²) in [5.41, 5.74) is 9.62. The summed E-state index contributed by atoms with van der Waals surface area (Å²) in [5, 5.41) is 7.15. The number of pyridine rings is 1. The van der Waals surface area contributed by atoms with Crippen molar-refractivity contribution in [1.82, 2.24) is 15.2 Å². The number of nitrogen functional groups attached to an aromatic ring is 1. The van der Waals surface area contributed by atoms with Gasteiger partial charge in [0.1, 0.15) is 17.3 Å². The molecule has 1 saturated heterocycles. The van der Waals surface area contributed by atoms with E-state index >= 15 is 0 Å². The lowest BCUT2D eigenvalue weighted by atomic mass is 9.97. The molecule has 1 unspecified atom stereocenters. The topological polar surface area (TPSA) is 102 Å². The molecule has 2 aliphatic rings. The Morgan fingerprint density at radius 3 is 2.77 bits per heavy atom. The SMILES string of the molecule is COc1cc(Nc2ccnc(N)c2/C=C/C2=CCN(C(=O)C3CCCNC3)CC2)c(OC)cc1Cl. The van der Waals surface area contributed by atoms with E-state index < -0.39 is 0 Å². The van der Waals surface area contributed by atoms with Gasteiger partial charge in [-0.15, -0.1) is 0 Å². The molecular formula is C26H32ClN5O3. The van der Waals surface area contributed by atoms with Crippen molar-refractivity contribution in [2.24, 2.45) is 5.92 Å². The van der Waals surface area contributed by atoms with Crippen molar-refractivity contribution in [3.8, 4) is 11.5 Å². The third-order valence-electron chi connectivity index (χ3n) is 6.43. The predicted molar refractivity (Wildman–Crippen MR) is 140 cm³/mol. The van der Waals surface area contributed by atoms with Gasteiger partial charge in [-0.3, -0.25) is 4.79 Å². The molecule has 0 bridgehead atoms. The van der Waals surface area contributed by atoms with Crippen LogP contribution in [-0.2, 0) is 4.79 Å². The summed E-state index contributed by atoms with van der Waals surface area (Å²) in [4.78, 5) is 19.0. The van der Waals surface area contributed by atoms with Crippen molar-refractivity contribution < 1.29 is 14.3 Å². The second kappa shape index (κ2) is 11.5. The highest BCUT2D eigenvalue weighted by atomic mass is 35.5. The molecule has 1 amide bonds. The number of piperidine rings is 1. The van der Waals surface area contributed by atoms with Gasteiger partial charge in [-0.25, -0.2) is 4.98 Å². The standard InChI is InChI=1S/C26H32ClN5O3/c1-34-23-15-22(24(35-2)14-20(23)27)31-21-7-11-30-25(28)19(21)6-5-17-8-12-32(13-9-17)26(33)18-4-3-10-29-16-18/h5-8,11,14-15,18,29H,3-4,9-10,12-13,16H2,1-2H3,(H3,28,30,31)/b6-5+. The van der Waals surface area contributed by atoms with Gasteiger partial charge in [-0.2, -0.15) is 0 Å². The minimum atomic E-state index is 0.0987.